The lowest BCUT2D eigenvalue weighted by molar-refractivity contribution is 0.102. The molecule has 5 N–H and O–H groups in total. The number of benzene rings is 2. The molecule has 0 saturated carbocycles. The van der Waals surface area contributed by atoms with Gasteiger partial charge in [-0.2, -0.15) is 5.10 Å². The number of rotatable bonds is 7. The van der Waals surface area contributed by atoms with Crippen LogP contribution in [0, 0.1) is 5.82 Å². The molecule has 0 aliphatic carbocycles. The second-order valence-electron chi connectivity index (χ2n) is 8.88. The van der Waals surface area contributed by atoms with Crippen LogP contribution in [0.15, 0.2) is 60.2 Å². The highest BCUT2D eigenvalue weighted by Gasteiger charge is 2.24. The van der Waals surface area contributed by atoms with Crippen molar-refractivity contribution in [2.24, 2.45) is 11.5 Å². The number of carbonyl (C=O) groups is 1. The molecule has 36 heavy (non-hydrogen) atoms. The molecule has 1 atom stereocenters. The summed E-state index contributed by atoms with van der Waals surface area (Å²) in [4.78, 5) is 19.4. The van der Waals surface area contributed by atoms with Gasteiger partial charge in [0.25, 0.3) is 5.91 Å². The van der Waals surface area contributed by atoms with Gasteiger partial charge in [-0.3, -0.25) is 9.48 Å². The fourth-order valence-electron chi connectivity index (χ4n) is 4.49. The normalized spacial score (nSPS) is 15.8. The maximum Gasteiger partial charge on any atom is 0.275 e. The van der Waals surface area contributed by atoms with Crippen LogP contribution in [0.5, 0.6) is 0 Å². The summed E-state index contributed by atoms with van der Waals surface area (Å²) in [6.07, 6.45) is 5.42. The van der Waals surface area contributed by atoms with E-state index in [1.165, 1.54) is 17.4 Å². The Morgan fingerprint density at radius 2 is 2.03 bits per heavy atom. The predicted molar refractivity (Wildman–Crippen MR) is 141 cm³/mol. The van der Waals surface area contributed by atoms with Gasteiger partial charge >= 0.3 is 0 Å². The van der Waals surface area contributed by atoms with Crippen LogP contribution in [0.4, 0.5) is 15.8 Å². The lowest BCUT2D eigenvalue weighted by Crippen LogP contribution is -2.43. The summed E-state index contributed by atoms with van der Waals surface area (Å²) < 4.78 is 16.6. The minimum Gasteiger partial charge on any atom is -0.366 e. The summed E-state index contributed by atoms with van der Waals surface area (Å²) in [5, 5.41) is 9.67. The number of anilines is 2. The summed E-state index contributed by atoms with van der Waals surface area (Å²) >= 11 is 1.36. The number of hydrogen-bond donors (Lipinski definition) is 3. The van der Waals surface area contributed by atoms with Crippen molar-refractivity contribution in [2.75, 3.05) is 23.3 Å². The summed E-state index contributed by atoms with van der Waals surface area (Å²) in [6.45, 7) is 2.30. The van der Waals surface area contributed by atoms with Gasteiger partial charge in [-0.25, -0.2) is 9.37 Å². The van der Waals surface area contributed by atoms with E-state index in [-0.39, 0.29) is 17.6 Å². The highest BCUT2D eigenvalue weighted by atomic mass is 32.1. The van der Waals surface area contributed by atoms with E-state index in [9.17, 15) is 9.18 Å². The summed E-state index contributed by atoms with van der Waals surface area (Å²) in [5.74, 6) is -0.778. The Bertz CT molecular complexity index is 1370. The monoisotopic (exact) mass is 505 g/mol. The maximum atomic E-state index is 14.8. The molecule has 5 rings (SSSR count). The van der Waals surface area contributed by atoms with Crippen LogP contribution < -0.4 is 21.7 Å². The van der Waals surface area contributed by atoms with Gasteiger partial charge in [0, 0.05) is 42.8 Å². The Kier molecular flexibility index (Phi) is 7.08. The van der Waals surface area contributed by atoms with Crippen molar-refractivity contribution in [3.63, 3.8) is 0 Å². The van der Waals surface area contributed by atoms with E-state index in [0.29, 0.717) is 42.6 Å². The number of piperidine rings is 1. The molecule has 0 unspecified atom stereocenters. The second kappa shape index (κ2) is 10.6. The van der Waals surface area contributed by atoms with Crippen LogP contribution in [0.1, 0.15) is 34.5 Å². The molecule has 2 aromatic heterocycles. The third-order valence-electron chi connectivity index (χ3n) is 6.30. The molecule has 1 amide bonds. The first-order valence-electron chi connectivity index (χ1n) is 11.9. The molecule has 1 fully saturated rings. The fourth-order valence-corrected chi connectivity index (χ4v) is 5.27. The number of hydrogen-bond acceptors (Lipinski definition) is 7. The van der Waals surface area contributed by atoms with E-state index in [4.69, 9.17) is 11.5 Å². The van der Waals surface area contributed by atoms with Crippen molar-refractivity contribution >= 4 is 28.6 Å². The topological polar surface area (TPSA) is 115 Å². The minimum absolute atomic E-state index is 0.0206. The number of aromatic nitrogens is 3. The number of halogens is 1. The Hall–Kier alpha value is -3.60. The van der Waals surface area contributed by atoms with E-state index >= 15 is 0 Å². The summed E-state index contributed by atoms with van der Waals surface area (Å²) in [6, 6.07) is 12.7. The third kappa shape index (κ3) is 5.15. The zero-order valence-electron chi connectivity index (χ0n) is 19.7. The molecule has 2 aromatic carbocycles. The highest BCUT2D eigenvalue weighted by molar-refractivity contribution is 7.13. The van der Waals surface area contributed by atoms with Gasteiger partial charge in [0.1, 0.15) is 16.5 Å². The molecule has 1 saturated heterocycles. The number of nitrogens with two attached hydrogens (primary N) is 2. The Morgan fingerprint density at radius 1 is 1.19 bits per heavy atom. The fraction of sp³-hybridized carbons (Fsp3) is 0.269. The van der Waals surface area contributed by atoms with Gasteiger partial charge in [-0.15, -0.1) is 11.3 Å². The number of para-hydroxylation sites is 1. The molecule has 3 heterocycles. The highest BCUT2D eigenvalue weighted by Crippen LogP contribution is 2.32. The molecule has 0 radical (unpaired) electrons. The van der Waals surface area contributed by atoms with Crippen molar-refractivity contribution in [1.29, 1.82) is 0 Å². The maximum absolute atomic E-state index is 14.8. The number of thiazole rings is 1. The van der Waals surface area contributed by atoms with Crippen LogP contribution in [-0.2, 0) is 13.1 Å². The second-order valence-corrected chi connectivity index (χ2v) is 9.73. The average molecular weight is 506 g/mol. The molecule has 4 aromatic rings. The zero-order chi connectivity index (χ0) is 25.1. The smallest absolute Gasteiger partial charge is 0.275 e. The van der Waals surface area contributed by atoms with Gasteiger partial charge in [-0.1, -0.05) is 30.3 Å². The molecule has 1 aliphatic rings. The van der Waals surface area contributed by atoms with Gasteiger partial charge < -0.3 is 21.7 Å². The Morgan fingerprint density at radius 3 is 2.83 bits per heavy atom. The lowest BCUT2D eigenvalue weighted by Gasteiger charge is -2.34. The minimum atomic E-state index is -0.394. The molecule has 8 nitrogen and oxygen atoms in total. The Labute approximate surface area is 212 Å². The molecule has 0 spiro atoms. The van der Waals surface area contributed by atoms with E-state index in [0.717, 1.165) is 29.5 Å². The number of nitrogens with zero attached hydrogens (tertiary/aromatic N) is 4. The lowest BCUT2D eigenvalue weighted by atomic mass is 10.1. The van der Waals surface area contributed by atoms with Crippen LogP contribution in [-0.4, -0.2) is 39.8 Å². The first-order chi connectivity index (χ1) is 17.5. The van der Waals surface area contributed by atoms with Crippen molar-refractivity contribution in [3.05, 3.63) is 82.9 Å². The quantitative estimate of drug-likeness (QED) is 0.352. The summed E-state index contributed by atoms with van der Waals surface area (Å²) in [7, 11) is 0. The number of nitrogens with one attached hydrogen (secondary N) is 1. The van der Waals surface area contributed by atoms with Crippen molar-refractivity contribution in [3.8, 4) is 10.6 Å². The summed E-state index contributed by atoms with van der Waals surface area (Å²) in [5.41, 5.74) is 16.0. The van der Waals surface area contributed by atoms with Gasteiger partial charge in [0.2, 0.25) is 0 Å². The number of carbonyl (C=O) groups excluding carboxylic acids is 1. The van der Waals surface area contributed by atoms with Gasteiger partial charge in [-0.05, 0) is 36.1 Å². The molecule has 1 aliphatic heterocycles. The van der Waals surface area contributed by atoms with Crippen LogP contribution in [0.3, 0.4) is 0 Å². The number of amides is 1. The van der Waals surface area contributed by atoms with Gasteiger partial charge in [0.15, 0.2) is 0 Å². The standard InChI is InChI=1S/C26H28FN7OS/c27-21-8-3-9-22(24(21)33-10-4-7-20(29)15-33)31-25(35)23-16-36-26(32-23)19-12-30-34(14-19)13-18-6-2-1-5-17(18)11-28/h1-3,5-6,8-9,12,14,16,20H,4,7,10-11,13,15,28-29H2,(H,31,35)/t20-/m1/s1. The molecule has 10 heteroatoms. The van der Waals surface area contributed by atoms with E-state index in [1.54, 1.807) is 23.7 Å². The van der Waals surface area contributed by atoms with E-state index in [2.05, 4.69) is 15.4 Å². The van der Waals surface area contributed by atoms with E-state index < -0.39 is 5.91 Å². The van der Waals surface area contributed by atoms with Crippen LogP contribution >= 0.6 is 11.3 Å². The Balaban J connectivity index is 1.31. The predicted octanol–water partition coefficient (Wildman–Crippen LogP) is 3.83. The largest absolute Gasteiger partial charge is 0.366 e. The van der Waals surface area contributed by atoms with Crippen molar-refractivity contribution in [2.45, 2.75) is 32.0 Å². The van der Waals surface area contributed by atoms with Crippen LogP contribution in [0.2, 0.25) is 0 Å². The molecule has 0 bridgehead atoms. The van der Waals surface area contributed by atoms with Crippen LogP contribution in [0.25, 0.3) is 10.6 Å². The first-order valence-corrected chi connectivity index (χ1v) is 12.8. The molecular formula is C26H28FN7OS. The first kappa shape index (κ1) is 24.1. The molecular weight excluding hydrogens is 477 g/mol. The van der Waals surface area contributed by atoms with Crippen molar-refractivity contribution in [1.82, 2.24) is 14.8 Å². The average Bonchev–Trinajstić information content (AvgIpc) is 3.54. The van der Waals surface area contributed by atoms with Gasteiger partial charge in [0.05, 0.1) is 24.1 Å². The third-order valence-corrected chi connectivity index (χ3v) is 7.19. The molecule has 186 valence electrons. The van der Waals surface area contributed by atoms with Crippen molar-refractivity contribution < 1.29 is 9.18 Å². The zero-order valence-corrected chi connectivity index (χ0v) is 20.5. The van der Waals surface area contributed by atoms with E-state index in [1.807, 2.05) is 40.0 Å². The SMILES string of the molecule is NCc1ccccc1Cn1cc(-c2nc(C(=O)Nc3cccc(F)c3N3CCC[C@@H](N)C3)cs2)cn1.